The number of nitrogens with zero attached hydrogens (tertiary/aromatic N) is 1. The van der Waals surface area contributed by atoms with Crippen molar-refractivity contribution in [1.29, 1.82) is 0 Å². The summed E-state index contributed by atoms with van der Waals surface area (Å²) in [6.07, 6.45) is 1.51. The first-order valence-electron chi connectivity index (χ1n) is 8.78. The maximum atomic E-state index is 13.1. The predicted octanol–water partition coefficient (Wildman–Crippen LogP) is 3.85. The summed E-state index contributed by atoms with van der Waals surface area (Å²) in [5.41, 5.74) is 1.63. The highest BCUT2D eigenvalue weighted by Crippen LogP contribution is 2.46. The summed E-state index contributed by atoms with van der Waals surface area (Å²) in [6, 6.07) is 15.5. The Bertz CT molecular complexity index is 790. The van der Waals surface area contributed by atoms with Gasteiger partial charge in [0.05, 0.1) is 25.5 Å². The first-order valence-corrected chi connectivity index (χ1v) is 9.58. The number of para-hydroxylation sites is 1. The van der Waals surface area contributed by atoms with Crippen LogP contribution < -0.4 is 9.64 Å². The molecule has 136 valence electrons. The van der Waals surface area contributed by atoms with E-state index in [1.165, 1.54) is 0 Å². The molecule has 0 aromatic heterocycles. The average molecular weight is 418 g/mol. The van der Waals surface area contributed by atoms with Gasteiger partial charge in [0, 0.05) is 16.6 Å². The lowest BCUT2D eigenvalue weighted by atomic mass is 10.1. The Hall–Kier alpha value is -1.89. The molecule has 26 heavy (non-hydrogen) atoms. The normalized spacial score (nSPS) is 18.2. The Labute approximate surface area is 161 Å². The van der Waals surface area contributed by atoms with Crippen molar-refractivity contribution in [3.05, 3.63) is 58.6 Å². The molecule has 1 spiro atoms. The highest BCUT2D eigenvalue weighted by atomic mass is 79.9. The molecule has 0 bridgehead atoms. The van der Waals surface area contributed by atoms with Gasteiger partial charge in [-0.15, -0.1) is 0 Å². The molecule has 6 heteroatoms. The van der Waals surface area contributed by atoms with E-state index in [4.69, 9.17) is 14.2 Å². The summed E-state index contributed by atoms with van der Waals surface area (Å²) in [6.45, 7) is 2.12. The van der Waals surface area contributed by atoms with E-state index in [0.717, 1.165) is 27.9 Å². The topological polar surface area (TPSA) is 48.0 Å². The Morgan fingerprint density at radius 3 is 2.65 bits per heavy atom. The van der Waals surface area contributed by atoms with Crippen LogP contribution in [0, 0.1) is 0 Å². The van der Waals surface area contributed by atoms with Gasteiger partial charge in [-0.05, 0) is 43.2 Å². The van der Waals surface area contributed by atoms with Crippen molar-refractivity contribution >= 4 is 27.5 Å². The van der Waals surface area contributed by atoms with E-state index in [-0.39, 0.29) is 5.91 Å². The molecular weight excluding hydrogens is 398 g/mol. The molecule has 2 aromatic rings. The van der Waals surface area contributed by atoms with Crippen molar-refractivity contribution in [2.75, 3.05) is 31.3 Å². The third-order valence-corrected chi connectivity index (χ3v) is 5.06. The van der Waals surface area contributed by atoms with E-state index in [1.54, 1.807) is 4.90 Å². The molecule has 5 nitrogen and oxygen atoms in total. The predicted molar refractivity (Wildman–Crippen MR) is 101 cm³/mol. The zero-order valence-corrected chi connectivity index (χ0v) is 15.9. The maximum Gasteiger partial charge on any atom is 0.292 e. The van der Waals surface area contributed by atoms with Crippen LogP contribution in [-0.4, -0.2) is 32.3 Å². The summed E-state index contributed by atoms with van der Waals surface area (Å²) in [4.78, 5) is 14.9. The zero-order valence-electron chi connectivity index (χ0n) is 14.3. The third kappa shape index (κ3) is 3.13. The van der Waals surface area contributed by atoms with Crippen molar-refractivity contribution < 1.29 is 19.0 Å². The van der Waals surface area contributed by atoms with Gasteiger partial charge in [0.1, 0.15) is 5.75 Å². The molecule has 2 aliphatic heterocycles. The maximum absolute atomic E-state index is 13.1. The second-order valence-corrected chi connectivity index (χ2v) is 7.22. The van der Waals surface area contributed by atoms with Crippen LogP contribution >= 0.6 is 15.9 Å². The van der Waals surface area contributed by atoms with Crippen molar-refractivity contribution in [3.8, 4) is 5.75 Å². The summed E-state index contributed by atoms with van der Waals surface area (Å²) in [5.74, 6) is -0.609. The van der Waals surface area contributed by atoms with Crippen molar-refractivity contribution in [2.24, 2.45) is 0 Å². The molecule has 0 saturated carbocycles. The SMILES string of the molecule is O=C1N(CCCOc2ccccc2)c2ccc(Br)cc2C12OCCCO2. The highest BCUT2D eigenvalue weighted by Gasteiger charge is 2.54. The van der Waals surface area contributed by atoms with Gasteiger partial charge in [0.2, 0.25) is 0 Å². The second-order valence-electron chi connectivity index (χ2n) is 6.30. The number of ether oxygens (including phenoxy) is 3. The van der Waals surface area contributed by atoms with Gasteiger partial charge in [-0.1, -0.05) is 34.1 Å². The van der Waals surface area contributed by atoms with Crippen molar-refractivity contribution in [2.45, 2.75) is 18.6 Å². The first-order chi connectivity index (χ1) is 12.7. The lowest BCUT2D eigenvalue weighted by Crippen LogP contribution is -2.47. The molecule has 0 atom stereocenters. The number of anilines is 1. The molecule has 1 saturated heterocycles. The molecule has 0 N–H and O–H groups in total. The van der Waals surface area contributed by atoms with E-state index < -0.39 is 5.79 Å². The Morgan fingerprint density at radius 2 is 1.88 bits per heavy atom. The van der Waals surface area contributed by atoms with Crippen LogP contribution in [-0.2, 0) is 20.1 Å². The number of hydrogen-bond donors (Lipinski definition) is 0. The number of carbonyl (C=O) groups excluding carboxylic acids is 1. The van der Waals surface area contributed by atoms with Crippen LogP contribution in [0.1, 0.15) is 18.4 Å². The van der Waals surface area contributed by atoms with Crippen molar-refractivity contribution in [3.63, 3.8) is 0 Å². The first kappa shape index (κ1) is 17.5. The zero-order chi connectivity index (χ0) is 18.0. The number of amides is 1. The van der Waals surface area contributed by atoms with Gasteiger partial charge in [-0.3, -0.25) is 4.79 Å². The fourth-order valence-corrected chi connectivity index (χ4v) is 3.73. The molecule has 2 heterocycles. The van der Waals surface area contributed by atoms with Gasteiger partial charge < -0.3 is 19.1 Å². The van der Waals surface area contributed by atoms with Crippen LogP contribution in [0.3, 0.4) is 0 Å². The molecule has 0 unspecified atom stereocenters. The van der Waals surface area contributed by atoms with Gasteiger partial charge in [0.25, 0.3) is 11.7 Å². The van der Waals surface area contributed by atoms with Crippen LogP contribution in [0.25, 0.3) is 0 Å². The molecule has 1 fully saturated rings. The van der Waals surface area contributed by atoms with E-state index >= 15 is 0 Å². The average Bonchev–Trinajstić information content (AvgIpc) is 2.89. The highest BCUT2D eigenvalue weighted by molar-refractivity contribution is 9.10. The minimum Gasteiger partial charge on any atom is -0.494 e. The second kappa shape index (κ2) is 7.39. The standard InChI is InChI=1S/C20H20BrNO4/c21-15-8-9-18-17(14-15)20(25-12-5-13-26-20)19(23)22(18)10-4-11-24-16-6-2-1-3-7-16/h1-3,6-9,14H,4-5,10-13H2. The van der Waals surface area contributed by atoms with Gasteiger partial charge in [-0.2, -0.15) is 0 Å². The Balaban J connectivity index is 1.49. The quantitative estimate of drug-likeness (QED) is 0.693. The monoisotopic (exact) mass is 417 g/mol. The van der Waals surface area contributed by atoms with Crippen LogP contribution in [0.2, 0.25) is 0 Å². The molecular formula is C20H20BrNO4. The number of fused-ring (bicyclic) bond motifs is 2. The summed E-state index contributed by atoms with van der Waals surface area (Å²) in [5, 5.41) is 0. The van der Waals surface area contributed by atoms with E-state index in [2.05, 4.69) is 15.9 Å². The van der Waals surface area contributed by atoms with E-state index in [1.807, 2.05) is 48.5 Å². The van der Waals surface area contributed by atoms with E-state index in [9.17, 15) is 4.79 Å². The largest absolute Gasteiger partial charge is 0.494 e. The molecule has 2 aromatic carbocycles. The number of hydrogen-bond acceptors (Lipinski definition) is 4. The third-order valence-electron chi connectivity index (χ3n) is 4.57. The van der Waals surface area contributed by atoms with Crippen LogP contribution in [0.15, 0.2) is 53.0 Å². The Kier molecular flexibility index (Phi) is 4.98. The Morgan fingerprint density at radius 1 is 1.12 bits per heavy atom. The molecule has 2 aliphatic rings. The molecule has 1 amide bonds. The van der Waals surface area contributed by atoms with Crippen LogP contribution in [0.4, 0.5) is 5.69 Å². The molecule has 4 rings (SSSR count). The minimum absolute atomic E-state index is 0.148. The van der Waals surface area contributed by atoms with Gasteiger partial charge in [0.15, 0.2) is 0 Å². The van der Waals surface area contributed by atoms with Gasteiger partial charge in [-0.25, -0.2) is 0 Å². The lowest BCUT2D eigenvalue weighted by Gasteiger charge is -2.32. The fourth-order valence-electron chi connectivity index (χ4n) is 3.37. The molecule has 0 radical (unpaired) electrons. The van der Waals surface area contributed by atoms with Gasteiger partial charge >= 0.3 is 0 Å². The fraction of sp³-hybridized carbons (Fsp3) is 0.350. The number of rotatable bonds is 5. The minimum atomic E-state index is -1.29. The van der Waals surface area contributed by atoms with Crippen LogP contribution in [0.5, 0.6) is 5.75 Å². The number of benzene rings is 2. The lowest BCUT2D eigenvalue weighted by molar-refractivity contribution is -0.256. The summed E-state index contributed by atoms with van der Waals surface area (Å²) in [7, 11) is 0. The van der Waals surface area contributed by atoms with E-state index in [0.29, 0.717) is 32.8 Å². The molecule has 0 aliphatic carbocycles. The number of halogens is 1. The summed E-state index contributed by atoms with van der Waals surface area (Å²) < 4.78 is 18.4. The smallest absolute Gasteiger partial charge is 0.292 e. The van der Waals surface area contributed by atoms with Crippen molar-refractivity contribution in [1.82, 2.24) is 0 Å². The number of carbonyl (C=O) groups is 1. The summed E-state index contributed by atoms with van der Waals surface area (Å²) >= 11 is 3.48.